The molecular weight excluding hydrogens is 388 g/mol. The molecule has 4 aliphatic carbocycles. The Kier molecular flexibility index (Phi) is 5.58. The molecule has 0 spiro atoms. The van der Waals surface area contributed by atoms with Gasteiger partial charge in [0, 0.05) is 12.7 Å². The average molecular weight is 435 g/mol. The van der Waals surface area contributed by atoms with Crippen LogP contribution in [-0.4, -0.2) is 9.78 Å². The van der Waals surface area contributed by atoms with Gasteiger partial charge in [-0.1, -0.05) is 53.4 Å². The van der Waals surface area contributed by atoms with Crippen LogP contribution in [0.2, 0.25) is 0 Å². The minimum absolute atomic E-state index is 0.507. The number of aromatic nitrogens is 2. The first-order valence-electron chi connectivity index (χ1n) is 13.7. The van der Waals surface area contributed by atoms with Gasteiger partial charge in [-0.05, 0) is 103 Å². The normalized spacial score (nSPS) is 46.9. The third-order valence-corrected chi connectivity index (χ3v) is 11.9. The number of hydrogen-bond acceptors (Lipinski definition) is 1. The Morgan fingerprint density at radius 2 is 1.91 bits per heavy atom. The molecule has 0 radical (unpaired) electrons. The number of nitrogens with zero attached hydrogens (tertiary/aromatic N) is 2. The molecule has 1 heterocycles. The minimum Gasteiger partial charge on any atom is -0.271 e. The summed E-state index contributed by atoms with van der Waals surface area (Å²) < 4.78 is 2.11. The molecule has 9 atom stereocenters. The van der Waals surface area contributed by atoms with Crippen molar-refractivity contribution in [1.29, 1.82) is 0 Å². The summed E-state index contributed by atoms with van der Waals surface area (Å²) >= 11 is 0. The van der Waals surface area contributed by atoms with E-state index in [1.165, 1.54) is 64.2 Å². The Labute approximate surface area is 197 Å². The van der Waals surface area contributed by atoms with Crippen molar-refractivity contribution in [3.63, 3.8) is 0 Å². The Hall–Kier alpha value is -1.23. The molecule has 4 aliphatic rings. The van der Waals surface area contributed by atoms with Crippen LogP contribution in [0.3, 0.4) is 0 Å². The molecule has 32 heavy (non-hydrogen) atoms. The fourth-order valence-corrected chi connectivity index (χ4v) is 10.1. The molecule has 4 fully saturated rings. The lowest BCUT2D eigenvalue weighted by molar-refractivity contribution is -0.182. The molecule has 5 rings (SSSR count). The van der Waals surface area contributed by atoms with E-state index in [9.17, 15) is 0 Å². The van der Waals surface area contributed by atoms with Gasteiger partial charge in [0.15, 0.2) is 0 Å². The van der Waals surface area contributed by atoms with Crippen LogP contribution in [0.1, 0.15) is 104 Å². The summed E-state index contributed by atoms with van der Waals surface area (Å²) in [6.07, 6.45) is 24.1. The smallest absolute Gasteiger partial charge is 0.0646 e. The summed E-state index contributed by atoms with van der Waals surface area (Å²) in [7, 11) is 0. The van der Waals surface area contributed by atoms with Crippen LogP contribution in [0.25, 0.3) is 0 Å². The van der Waals surface area contributed by atoms with Gasteiger partial charge in [0.25, 0.3) is 0 Å². The summed E-state index contributed by atoms with van der Waals surface area (Å²) in [4.78, 5) is 0. The second-order valence-electron chi connectivity index (χ2n) is 13.4. The highest BCUT2D eigenvalue weighted by Crippen LogP contribution is 2.70. The van der Waals surface area contributed by atoms with Crippen LogP contribution < -0.4 is 0 Å². The Morgan fingerprint density at radius 3 is 2.66 bits per heavy atom. The van der Waals surface area contributed by atoms with E-state index in [1.54, 1.807) is 0 Å². The molecule has 9 unspecified atom stereocenters. The van der Waals surface area contributed by atoms with E-state index in [0.717, 1.165) is 41.7 Å². The highest BCUT2D eigenvalue weighted by atomic mass is 15.3. The largest absolute Gasteiger partial charge is 0.271 e. The number of hydrogen-bond donors (Lipinski definition) is 0. The van der Waals surface area contributed by atoms with Crippen LogP contribution in [0.5, 0.6) is 0 Å². The molecule has 1 aromatic rings. The van der Waals surface area contributed by atoms with Crippen LogP contribution in [0.15, 0.2) is 12.4 Å². The molecule has 2 heteroatoms. The lowest BCUT2D eigenvalue weighted by atomic mass is 9.37. The predicted molar refractivity (Wildman–Crippen MR) is 133 cm³/mol. The quantitative estimate of drug-likeness (QED) is 0.448. The van der Waals surface area contributed by atoms with E-state index < -0.39 is 0 Å². The molecular formula is C30H46N2. The maximum Gasteiger partial charge on any atom is 0.0646 e. The predicted octanol–water partition coefficient (Wildman–Crippen LogP) is 7.58. The van der Waals surface area contributed by atoms with Gasteiger partial charge in [0.1, 0.15) is 0 Å². The van der Waals surface area contributed by atoms with Crippen LogP contribution in [0, 0.1) is 64.1 Å². The lowest BCUT2D eigenvalue weighted by Gasteiger charge is -2.67. The second kappa shape index (κ2) is 7.92. The van der Waals surface area contributed by atoms with Crippen molar-refractivity contribution >= 4 is 0 Å². The van der Waals surface area contributed by atoms with Gasteiger partial charge < -0.3 is 0 Å². The van der Waals surface area contributed by atoms with E-state index >= 15 is 0 Å². The van der Waals surface area contributed by atoms with Gasteiger partial charge in [-0.15, -0.1) is 6.42 Å². The first-order chi connectivity index (χ1) is 15.2. The fourth-order valence-electron chi connectivity index (χ4n) is 10.1. The topological polar surface area (TPSA) is 17.8 Å². The fraction of sp³-hybridized carbons (Fsp3) is 0.833. The van der Waals surface area contributed by atoms with Crippen molar-refractivity contribution in [2.75, 3.05) is 0 Å². The number of terminal acetylenes is 1. The highest BCUT2D eigenvalue weighted by Gasteiger charge is 2.62. The highest BCUT2D eigenvalue weighted by molar-refractivity contribution is 5.26. The Morgan fingerprint density at radius 1 is 1.09 bits per heavy atom. The summed E-state index contributed by atoms with van der Waals surface area (Å²) in [5.41, 5.74) is 2.57. The van der Waals surface area contributed by atoms with Gasteiger partial charge in [-0.2, -0.15) is 5.10 Å². The molecule has 0 N–H and O–H groups in total. The average Bonchev–Trinajstić information content (AvgIpc) is 3.21. The van der Waals surface area contributed by atoms with E-state index in [-0.39, 0.29) is 0 Å². The van der Waals surface area contributed by atoms with Gasteiger partial charge >= 0.3 is 0 Å². The number of rotatable bonds is 3. The minimum atomic E-state index is 0.507. The molecule has 4 saturated carbocycles. The SMILES string of the molecule is C#Cc1cnn(CC(C)C2CCCC3C4CCC5(C)CC(C)CCC5(C)C4CCC23C)c1. The van der Waals surface area contributed by atoms with E-state index in [1.807, 2.05) is 6.20 Å². The monoisotopic (exact) mass is 434 g/mol. The first-order valence-corrected chi connectivity index (χ1v) is 13.7. The Bertz CT molecular complexity index is 878. The van der Waals surface area contributed by atoms with Crippen molar-refractivity contribution in [2.45, 2.75) is 105 Å². The van der Waals surface area contributed by atoms with Crippen LogP contribution >= 0.6 is 0 Å². The zero-order valence-electron chi connectivity index (χ0n) is 21.4. The van der Waals surface area contributed by atoms with E-state index in [2.05, 4.69) is 56.5 Å². The van der Waals surface area contributed by atoms with Crippen molar-refractivity contribution < 1.29 is 0 Å². The third-order valence-electron chi connectivity index (χ3n) is 11.9. The van der Waals surface area contributed by atoms with Crippen LogP contribution in [-0.2, 0) is 6.54 Å². The lowest BCUT2D eigenvalue weighted by Crippen LogP contribution is -2.59. The molecule has 0 aliphatic heterocycles. The van der Waals surface area contributed by atoms with Crippen molar-refractivity contribution in [2.24, 2.45) is 51.8 Å². The van der Waals surface area contributed by atoms with Gasteiger partial charge in [0.2, 0.25) is 0 Å². The van der Waals surface area contributed by atoms with Gasteiger partial charge in [-0.25, -0.2) is 0 Å². The van der Waals surface area contributed by atoms with Crippen molar-refractivity contribution in [3.8, 4) is 12.3 Å². The standard InChI is InChI=1S/C30H46N2/c1-7-23-18-31-32(20-23)19-22(3)25-9-8-10-26-24-12-14-28(4)17-21(2)11-16-30(28,6)27(24)13-15-29(25,26)5/h1,18,20-22,24-27H,8-17,19H2,2-6H3. The molecule has 0 amide bonds. The molecule has 176 valence electrons. The van der Waals surface area contributed by atoms with Crippen molar-refractivity contribution in [3.05, 3.63) is 18.0 Å². The third kappa shape index (κ3) is 3.32. The van der Waals surface area contributed by atoms with Gasteiger partial charge in [0.05, 0.1) is 11.8 Å². The van der Waals surface area contributed by atoms with Crippen molar-refractivity contribution in [1.82, 2.24) is 9.78 Å². The second-order valence-corrected chi connectivity index (χ2v) is 13.4. The van der Waals surface area contributed by atoms with E-state index in [4.69, 9.17) is 6.42 Å². The zero-order chi connectivity index (χ0) is 22.7. The summed E-state index contributed by atoms with van der Waals surface area (Å²) in [5, 5.41) is 4.56. The summed E-state index contributed by atoms with van der Waals surface area (Å²) in [6, 6.07) is 0. The van der Waals surface area contributed by atoms with E-state index in [0.29, 0.717) is 22.2 Å². The Balaban J connectivity index is 1.38. The van der Waals surface area contributed by atoms with Gasteiger partial charge in [-0.3, -0.25) is 4.68 Å². The maximum absolute atomic E-state index is 5.58. The number of fused-ring (bicyclic) bond motifs is 5. The summed E-state index contributed by atoms with van der Waals surface area (Å²) in [6.45, 7) is 14.1. The molecule has 0 aromatic carbocycles. The first kappa shape index (κ1) is 22.6. The van der Waals surface area contributed by atoms with Crippen LogP contribution in [0.4, 0.5) is 0 Å². The zero-order valence-corrected chi connectivity index (χ0v) is 21.4. The molecule has 0 bridgehead atoms. The molecule has 2 nitrogen and oxygen atoms in total. The molecule has 1 aromatic heterocycles. The summed E-state index contributed by atoms with van der Waals surface area (Å²) in [5.74, 6) is 7.99. The maximum atomic E-state index is 5.58. The molecule has 0 saturated heterocycles.